The Labute approximate surface area is 122 Å². The number of piperazine rings is 1. The van der Waals surface area contributed by atoms with Crippen LogP contribution in [0.1, 0.15) is 17.3 Å². The molecule has 1 aliphatic rings. The summed E-state index contributed by atoms with van der Waals surface area (Å²) in [5, 5.41) is 3.20. The quantitative estimate of drug-likeness (QED) is 0.930. The molecule has 1 heterocycles. The lowest BCUT2D eigenvalue weighted by atomic mass is 10.1. The van der Waals surface area contributed by atoms with Gasteiger partial charge in [0.2, 0.25) is 0 Å². The molecule has 0 bridgehead atoms. The van der Waals surface area contributed by atoms with Crippen LogP contribution in [-0.4, -0.2) is 43.1 Å². The van der Waals surface area contributed by atoms with Crippen LogP contribution in [-0.2, 0) is 0 Å². The minimum absolute atomic E-state index is 0. The molecule has 0 aromatic heterocycles. The highest BCUT2D eigenvalue weighted by atomic mass is 35.5. The van der Waals surface area contributed by atoms with Crippen LogP contribution in [0.3, 0.4) is 0 Å². The Kier molecular flexibility index (Phi) is 6.16. The number of nitrogens with one attached hydrogen (secondary N) is 1. The van der Waals surface area contributed by atoms with Crippen molar-refractivity contribution in [3.63, 3.8) is 0 Å². The topological polar surface area (TPSA) is 41.6 Å². The van der Waals surface area contributed by atoms with Crippen molar-refractivity contribution in [3.8, 4) is 5.75 Å². The summed E-state index contributed by atoms with van der Waals surface area (Å²) in [6.07, 6.45) is 0. The fourth-order valence-corrected chi connectivity index (χ4v) is 2.09. The number of rotatable bonds is 3. The second-order valence-electron chi connectivity index (χ2n) is 4.45. The number of benzene rings is 1. The lowest BCUT2D eigenvalue weighted by Crippen LogP contribution is -2.52. The van der Waals surface area contributed by atoms with Crippen molar-refractivity contribution in [3.05, 3.63) is 29.8 Å². The van der Waals surface area contributed by atoms with Crippen LogP contribution >= 0.6 is 12.4 Å². The van der Waals surface area contributed by atoms with Crippen molar-refractivity contribution in [2.24, 2.45) is 0 Å². The van der Waals surface area contributed by atoms with Gasteiger partial charge in [0.25, 0.3) is 5.91 Å². The summed E-state index contributed by atoms with van der Waals surface area (Å²) in [5.41, 5.74) is 0.482. The van der Waals surface area contributed by atoms with Gasteiger partial charge >= 0.3 is 6.61 Å². The molecule has 2 rings (SSSR count). The second-order valence-corrected chi connectivity index (χ2v) is 4.45. The predicted molar refractivity (Wildman–Crippen MR) is 73.7 cm³/mol. The molecule has 1 aliphatic heterocycles. The predicted octanol–water partition coefficient (Wildman–Crippen LogP) is 2.14. The Hall–Kier alpha value is -1.40. The van der Waals surface area contributed by atoms with Crippen LogP contribution in [0.5, 0.6) is 5.75 Å². The molecule has 1 amide bonds. The Morgan fingerprint density at radius 3 is 2.60 bits per heavy atom. The van der Waals surface area contributed by atoms with Crippen molar-refractivity contribution in [1.29, 1.82) is 0 Å². The SMILES string of the molecule is C[C@@H]1CNCCN1C(=O)c1ccc(OC(F)F)cc1.Cl. The Morgan fingerprint density at radius 2 is 2.05 bits per heavy atom. The van der Waals surface area contributed by atoms with Crippen molar-refractivity contribution < 1.29 is 18.3 Å². The molecule has 1 aromatic rings. The summed E-state index contributed by atoms with van der Waals surface area (Å²) >= 11 is 0. The third kappa shape index (κ3) is 4.05. The number of amides is 1. The van der Waals surface area contributed by atoms with E-state index in [0.717, 1.165) is 13.1 Å². The summed E-state index contributed by atoms with van der Waals surface area (Å²) in [6, 6.07) is 5.90. The molecular formula is C13H17ClF2N2O2. The zero-order valence-electron chi connectivity index (χ0n) is 11.0. The van der Waals surface area contributed by atoms with E-state index >= 15 is 0 Å². The molecule has 1 fully saturated rings. The molecule has 1 saturated heterocycles. The highest BCUT2D eigenvalue weighted by Gasteiger charge is 2.23. The number of carbonyl (C=O) groups excluding carboxylic acids is 1. The van der Waals surface area contributed by atoms with Gasteiger partial charge in [-0.15, -0.1) is 12.4 Å². The molecular weight excluding hydrogens is 290 g/mol. The first kappa shape index (κ1) is 16.7. The lowest BCUT2D eigenvalue weighted by molar-refractivity contribution is -0.0498. The zero-order chi connectivity index (χ0) is 13.8. The van der Waals surface area contributed by atoms with Gasteiger partial charge < -0.3 is 15.0 Å². The van der Waals surface area contributed by atoms with Gasteiger partial charge in [0.05, 0.1) is 0 Å². The van der Waals surface area contributed by atoms with Crippen molar-refractivity contribution in [1.82, 2.24) is 10.2 Å². The van der Waals surface area contributed by atoms with E-state index in [1.54, 1.807) is 4.90 Å². The second kappa shape index (κ2) is 7.40. The first-order valence-corrected chi connectivity index (χ1v) is 6.14. The van der Waals surface area contributed by atoms with E-state index in [4.69, 9.17) is 0 Å². The Balaban J connectivity index is 0.00000200. The molecule has 20 heavy (non-hydrogen) atoms. The molecule has 0 saturated carbocycles. The molecule has 112 valence electrons. The third-order valence-corrected chi connectivity index (χ3v) is 3.09. The van der Waals surface area contributed by atoms with Crippen LogP contribution in [0.4, 0.5) is 8.78 Å². The fourth-order valence-electron chi connectivity index (χ4n) is 2.09. The monoisotopic (exact) mass is 306 g/mol. The molecule has 1 atom stereocenters. The average molecular weight is 307 g/mol. The summed E-state index contributed by atoms with van der Waals surface area (Å²) in [6.45, 7) is 1.30. The first-order chi connectivity index (χ1) is 9.08. The van der Waals surface area contributed by atoms with E-state index in [1.165, 1.54) is 24.3 Å². The molecule has 0 unspecified atom stereocenters. The largest absolute Gasteiger partial charge is 0.435 e. The lowest BCUT2D eigenvalue weighted by Gasteiger charge is -2.34. The maximum absolute atomic E-state index is 12.3. The summed E-state index contributed by atoms with van der Waals surface area (Å²) in [4.78, 5) is 14.0. The van der Waals surface area contributed by atoms with Gasteiger partial charge in [-0.3, -0.25) is 4.79 Å². The standard InChI is InChI=1S/C13H16F2N2O2.ClH/c1-9-8-16-6-7-17(9)12(18)10-2-4-11(5-3-10)19-13(14)15;/h2-5,9,13,16H,6-8H2,1H3;1H/t9-;/m1./s1. The van der Waals surface area contributed by atoms with Crippen molar-refractivity contribution in [2.45, 2.75) is 19.6 Å². The summed E-state index contributed by atoms with van der Waals surface area (Å²) < 4.78 is 28.3. The van der Waals surface area contributed by atoms with Crippen molar-refractivity contribution >= 4 is 18.3 Å². The Bertz CT molecular complexity index is 443. The van der Waals surface area contributed by atoms with Crippen molar-refractivity contribution in [2.75, 3.05) is 19.6 Å². The van der Waals surface area contributed by atoms with E-state index in [-0.39, 0.29) is 30.1 Å². The maximum Gasteiger partial charge on any atom is 0.387 e. The van der Waals surface area contributed by atoms with E-state index in [1.807, 2.05) is 6.92 Å². The van der Waals surface area contributed by atoms with E-state index in [2.05, 4.69) is 10.1 Å². The van der Waals surface area contributed by atoms with Gasteiger partial charge in [-0.25, -0.2) is 0 Å². The zero-order valence-corrected chi connectivity index (χ0v) is 11.8. The highest BCUT2D eigenvalue weighted by molar-refractivity contribution is 5.94. The number of carbonyl (C=O) groups is 1. The van der Waals surface area contributed by atoms with Gasteiger partial charge in [0, 0.05) is 31.2 Å². The first-order valence-electron chi connectivity index (χ1n) is 6.14. The number of hydrogen-bond donors (Lipinski definition) is 1. The number of ether oxygens (including phenoxy) is 1. The van der Waals surface area contributed by atoms with E-state index < -0.39 is 6.61 Å². The smallest absolute Gasteiger partial charge is 0.387 e. The molecule has 4 nitrogen and oxygen atoms in total. The van der Waals surface area contributed by atoms with Crippen LogP contribution in [0.2, 0.25) is 0 Å². The molecule has 0 radical (unpaired) electrons. The summed E-state index contributed by atoms with van der Waals surface area (Å²) in [7, 11) is 0. The number of nitrogens with zero attached hydrogens (tertiary/aromatic N) is 1. The number of halogens is 3. The maximum atomic E-state index is 12.3. The van der Waals surface area contributed by atoms with E-state index in [9.17, 15) is 13.6 Å². The molecule has 1 N–H and O–H groups in total. The van der Waals surface area contributed by atoms with Crippen LogP contribution < -0.4 is 10.1 Å². The third-order valence-electron chi connectivity index (χ3n) is 3.09. The molecule has 1 aromatic carbocycles. The normalized spacial score (nSPS) is 18.6. The minimum Gasteiger partial charge on any atom is -0.435 e. The highest BCUT2D eigenvalue weighted by Crippen LogP contribution is 2.17. The van der Waals surface area contributed by atoms with Gasteiger partial charge in [0.15, 0.2) is 0 Å². The van der Waals surface area contributed by atoms with Gasteiger partial charge in [0.1, 0.15) is 5.75 Å². The van der Waals surface area contributed by atoms with Crippen LogP contribution in [0, 0.1) is 0 Å². The number of alkyl halides is 2. The average Bonchev–Trinajstić information content (AvgIpc) is 2.39. The molecule has 0 aliphatic carbocycles. The minimum atomic E-state index is -2.85. The Morgan fingerprint density at radius 1 is 1.40 bits per heavy atom. The molecule has 0 spiro atoms. The molecule has 7 heteroatoms. The number of hydrogen-bond acceptors (Lipinski definition) is 3. The summed E-state index contributed by atoms with van der Waals surface area (Å²) in [5.74, 6) is -0.0301. The van der Waals surface area contributed by atoms with Gasteiger partial charge in [-0.05, 0) is 31.2 Å². The van der Waals surface area contributed by atoms with Crippen LogP contribution in [0.25, 0.3) is 0 Å². The van der Waals surface area contributed by atoms with E-state index in [0.29, 0.717) is 12.1 Å². The van der Waals surface area contributed by atoms with Gasteiger partial charge in [-0.1, -0.05) is 0 Å². The van der Waals surface area contributed by atoms with Gasteiger partial charge in [-0.2, -0.15) is 8.78 Å². The van der Waals surface area contributed by atoms with Crippen LogP contribution in [0.15, 0.2) is 24.3 Å². The fraction of sp³-hybridized carbons (Fsp3) is 0.462.